The largest absolute Gasteiger partial charge is 0.329 e. The van der Waals surface area contributed by atoms with Gasteiger partial charge in [-0.15, -0.1) is 0 Å². The van der Waals surface area contributed by atoms with Gasteiger partial charge in [0.05, 0.1) is 11.7 Å². The first-order valence-electron chi connectivity index (χ1n) is 6.51. The van der Waals surface area contributed by atoms with Crippen molar-refractivity contribution in [2.45, 2.75) is 32.2 Å². The van der Waals surface area contributed by atoms with Gasteiger partial charge in [0.1, 0.15) is 6.33 Å². The first kappa shape index (κ1) is 12.5. The van der Waals surface area contributed by atoms with Crippen LogP contribution in [0, 0.1) is 5.92 Å². The van der Waals surface area contributed by atoms with Gasteiger partial charge in [0, 0.05) is 12.7 Å². The van der Waals surface area contributed by atoms with E-state index in [0.29, 0.717) is 6.54 Å². The highest BCUT2D eigenvalue weighted by atomic mass is 15.2. The van der Waals surface area contributed by atoms with E-state index in [0.717, 1.165) is 24.7 Å². The van der Waals surface area contributed by atoms with Crippen LogP contribution in [-0.4, -0.2) is 34.5 Å². The molecule has 1 aliphatic heterocycles. The zero-order chi connectivity index (χ0) is 12.1. The van der Waals surface area contributed by atoms with E-state index in [2.05, 4.69) is 21.8 Å². The van der Waals surface area contributed by atoms with Crippen LogP contribution < -0.4 is 5.73 Å². The van der Waals surface area contributed by atoms with Gasteiger partial charge in [-0.3, -0.25) is 4.90 Å². The zero-order valence-electron chi connectivity index (χ0n) is 10.5. The maximum atomic E-state index is 5.92. The molecule has 0 saturated carbocycles. The lowest BCUT2D eigenvalue weighted by Crippen LogP contribution is -2.35. The molecule has 1 saturated heterocycles. The summed E-state index contributed by atoms with van der Waals surface area (Å²) in [5.41, 5.74) is 6.97. The molecule has 0 aromatic carbocycles. The molecule has 0 amide bonds. The number of rotatable bonds is 3. The Labute approximate surface area is 103 Å². The summed E-state index contributed by atoms with van der Waals surface area (Å²) in [5, 5.41) is 0. The Morgan fingerprint density at radius 2 is 2.35 bits per heavy atom. The Morgan fingerprint density at radius 1 is 1.47 bits per heavy atom. The Bertz CT molecular complexity index is 327. The third kappa shape index (κ3) is 3.23. The van der Waals surface area contributed by atoms with Crippen molar-refractivity contribution in [1.29, 1.82) is 0 Å². The number of nitrogens with two attached hydrogens (primary N) is 1. The minimum Gasteiger partial charge on any atom is -0.329 e. The minimum absolute atomic E-state index is 0.253. The van der Waals surface area contributed by atoms with Crippen molar-refractivity contribution in [2.24, 2.45) is 11.7 Å². The fourth-order valence-corrected chi connectivity index (χ4v) is 2.55. The van der Waals surface area contributed by atoms with Gasteiger partial charge in [0.25, 0.3) is 0 Å². The molecule has 94 valence electrons. The predicted molar refractivity (Wildman–Crippen MR) is 68.4 cm³/mol. The summed E-state index contributed by atoms with van der Waals surface area (Å²) in [4.78, 5) is 10.8. The van der Waals surface area contributed by atoms with E-state index in [1.165, 1.54) is 19.3 Å². The van der Waals surface area contributed by atoms with E-state index < -0.39 is 0 Å². The minimum atomic E-state index is 0.253. The van der Waals surface area contributed by atoms with Crippen LogP contribution >= 0.6 is 0 Å². The first-order valence-corrected chi connectivity index (χ1v) is 6.51. The molecule has 2 rings (SSSR count). The van der Waals surface area contributed by atoms with Crippen molar-refractivity contribution in [2.75, 3.05) is 19.6 Å². The van der Waals surface area contributed by atoms with Crippen LogP contribution in [0.15, 0.2) is 18.6 Å². The highest BCUT2D eigenvalue weighted by molar-refractivity contribution is 5.06. The smallest absolute Gasteiger partial charge is 0.115 e. The summed E-state index contributed by atoms with van der Waals surface area (Å²) in [5.74, 6) is 0.837. The van der Waals surface area contributed by atoms with Crippen LogP contribution in [0.3, 0.4) is 0 Å². The topological polar surface area (TPSA) is 55.0 Å². The van der Waals surface area contributed by atoms with Gasteiger partial charge in [-0.25, -0.2) is 9.97 Å². The van der Waals surface area contributed by atoms with Crippen LogP contribution in [0.5, 0.6) is 0 Å². The van der Waals surface area contributed by atoms with Gasteiger partial charge in [0.15, 0.2) is 0 Å². The maximum Gasteiger partial charge on any atom is 0.115 e. The molecule has 2 N–H and O–H groups in total. The molecule has 1 aromatic heterocycles. The Balaban J connectivity index is 2.07. The molecule has 0 spiro atoms. The summed E-state index contributed by atoms with van der Waals surface area (Å²) in [6.07, 6.45) is 7.27. The third-order valence-corrected chi connectivity index (χ3v) is 3.66. The highest BCUT2D eigenvalue weighted by Gasteiger charge is 2.22. The van der Waals surface area contributed by atoms with Gasteiger partial charge in [0.2, 0.25) is 0 Å². The van der Waals surface area contributed by atoms with Gasteiger partial charge in [-0.1, -0.05) is 6.92 Å². The number of aromatic nitrogens is 2. The van der Waals surface area contributed by atoms with Gasteiger partial charge >= 0.3 is 0 Å². The second-order valence-corrected chi connectivity index (χ2v) is 4.96. The molecule has 1 fully saturated rings. The molecule has 1 aromatic rings. The molecular formula is C13H22N4. The van der Waals surface area contributed by atoms with Crippen LogP contribution in [0.25, 0.3) is 0 Å². The van der Waals surface area contributed by atoms with Crippen LogP contribution in [0.4, 0.5) is 0 Å². The second-order valence-electron chi connectivity index (χ2n) is 4.96. The van der Waals surface area contributed by atoms with Crippen molar-refractivity contribution < 1.29 is 0 Å². The van der Waals surface area contributed by atoms with Gasteiger partial charge < -0.3 is 5.73 Å². The molecule has 4 heteroatoms. The fourth-order valence-electron chi connectivity index (χ4n) is 2.55. The van der Waals surface area contributed by atoms with E-state index in [-0.39, 0.29) is 6.04 Å². The van der Waals surface area contributed by atoms with Gasteiger partial charge in [-0.05, 0) is 44.3 Å². The summed E-state index contributed by atoms with van der Waals surface area (Å²) < 4.78 is 0. The number of likely N-dealkylation sites (tertiary alicyclic amines) is 1. The summed E-state index contributed by atoms with van der Waals surface area (Å²) in [7, 11) is 0. The van der Waals surface area contributed by atoms with E-state index in [1.54, 1.807) is 12.5 Å². The van der Waals surface area contributed by atoms with E-state index in [4.69, 9.17) is 5.73 Å². The van der Waals surface area contributed by atoms with Crippen molar-refractivity contribution in [1.82, 2.24) is 14.9 Å². The standard InChI is InChI=1S/C13H22N4/c1-11-3-2-7-17(8-5-11)13(9-14)12-4-6-15-10-16-12/h4,6,10-11,13H,2-3,5,7-9,14H2,1H3. The highest BCUT2D eigenvalue weighted by Crippen LogP contribution is 2.23. The van der Waals surface area contributed by atoms with Crippen LogP contribution in [0.1, 0.15) is 37.9 Å². The average molecular weight is 234 g/mol. The Morgan fingerprint density at radius 3 is 3.06 bits per heavy atom. The van der Waals surface area contributed by atoms with Crippen molar-refractivity contribution >= 4 is 0 Å². The Hall–Kier alpha value is -1.00. The van der Waals surface area contributed by atoms with Crippen molar-refractivity contribution in [3.05, 3.63) is 24.3 Å². The molecule has 17 heavy (non-hydrogen) atoms. The van der Waals surface area contributed by atoms with Crippen LogP contribution in [-0.2, 0) is 0 Å². The third-order valence-electron chi connectivity index (χ3n) is 3.66. The van der Waals surface area contributed by atoms with Crippen molar-refractivity contribution in [3.63, 3.8) is 0 Å². The van der Waals surface area contributed by atoms with Crippen LogP contribution in [0.2, 0.25) is 0 Å². The van der Waals surface area contributed by atoms with Gasteiger partial charge in [-0.2, -0.15) is 0 Å². The lowest BCUT2D eigenvalue weighted by molar-refractivity contribution is 0.204. The molecule has 2 unspecified atom stereocenters. The monoisotopic (exact) mass is 234 g/mol. The summed E-state index contributed by atoms with van der Waals surface area (Å²) >= 11 is 0. The molecule has 0 radical (unpaired) electrons. The first-order chi connectivity index (χ1) is 8.31. The number of hydrogen-bond acceptors (Lipinski definition) is 4. The maximum absolute atomic E-state index is 5.92. The molecule has 2 heterocycles. The number of nitrogens with zero attached hydrogens (tertiary/aromatic N) is 3. The SMILES string of the molecule is CC1CCCN(C(CN)c2ccncn2)CC1. The normalized spacial score (nSPS) is 24.2. The predicted octanol–water partition coefficient (Wildman–Crippen LogP) is 1.60. The lowest BCUT2D eigenvalue weighted by atomic mass is 10.0. The van der Waals surface area contributed by atoms with E-state index >= 15 is 0 Å². The number of hydrogen-bond donors (Lipinski definition) is 1. The summed E-state index contributed by atoms with van der Waals surface area (Å²) in [6.45, 7) is 5.24. The fraction of sp³-hybridized carbons (Fsp3) is 0.692. The quantitative estimate of drug-likeness (QED) is 0.863. The molecule has 2 atom stereocenters. The molecular weight excluding hydrogens is 212 g/mol. The average Bonchev–Trinajstić information content (AvgIpc) is 2.57. The van der Waals surface area contributed by atoms with Crippen molar-refractivity contribution in [3.8, 4) is 0 Å². The summed E-state index contributed by atoms with van der Waals surface area (Å²) in [6, 6.07) is 2.23. The lowest BCUT2D eigenvalue weighted by Gasteiger charge is -2.29. The van der Waals surface area contributed by atoms with E-state index in [9.17, 15) is 0 Å². The molecule has 0 bridgehead atoms. The van der Waals surface area contributed by atoms with E-state index in [1.807, 2.05) is 6.07 Å². The zero-order valence-corrected chi connectivity index (χ0v) is 10.5. The molecule has 0 aliphatic carbocycles. The second kappa shape index (κ2) is 6.07. The molecule has 1 aliphatic rings. The Kier molecular flexibility index (Phi) is 4.45. The molecule has 4 nitrogen and oxygen atoms in total.